The van der Waals surface area contributed by atoms with Crippen LogP contribution in [0.5, 0.6) is 0 Å². The minimum atomic E-state index is 0.216. The van der Waals surface area contributed by atoms with Crippen LogP contribution in [0.2, 0.25) is 5.02 Å². The minimum absolute atomic E-state index is 0.216. The molecular formula is C16H22ClNO2. The average molecular weight is 296 g/mol. The second-order valence-corrected chi connectivity index (χ2v) is 5.36. The molecule has 0 aliphatic carbocycles. The first-order chi connectivity index (χ1) is 9.76. The average Bonchev–Trinajstić information content (AvgIpc) is 2.88. The van der Waals surface area contributed by atoms with Gasteiger partial charge in [-0.2, -0.15) is 0 Å². The van der Waals surface area contributed by atoms with Gasteiger partial charge >= 0.3 is 0 Å². The molecule has 1 N–H and O–H groups in total. The Morgan fingerprint density at radius 2 is 2.25 bits per heavy atom. The summed E-state index contributed by atoms with van der Waals surface area (Å²) in [5.74, 6) is 0.956. The predicted octanol–water partition coefficient (Wildman–Crippen LogP) is 4.55. The van der Waals surface area contributed by atoms with E-state index in [4.69, 9.17) is 20.8 Å². The van der Waals surface area contributed by atoms with Crippen molar-refractivity contribution in [2.75, 3.05) is 20.3 Å². The Morgan fingerprint density at radius 1 is 1.40 bits per heavy atom. The number of hydrogen-bond acceptors (Lipinski definition) is 3. The lowest BCUT2D eigenvalue weighted by Gasteiger charge is -2.15. The van der Waals surface area contributed by atoms with Crippen LogP contribution in [0.15, 0.2) is 28.7 Å². The largest absolute Gasteiger partial charge is 0.458 e. The number of fused-ring (bicyclic) bond motifs is 1. The number of benzene rings is 1. The Balaban J connectivity index is 2.18. The molecule has 20 heavy (non-hydrogen) atoms. The molecule has 4 heteroatoms. The van der Waals surface area contributed by atoms with Crippen molar-refractivity contribution < 1.29 is 9.15 Å². The zero-order valence-electron chi connectivity index (χ0n) is 12.1. The van der Waals surface area contributed by atoms with Gasteiger partial charge in [-0.1, -0.05) is 30.7 Å². The number of para-hydroxylation sites is 1. The van der Waals surface area contributed by atoms with Crippen LogP contribution < -0.4 is 5.32 Å². The van der Waals surface area contributed by atoms with Gasteiger partial charge in [0.2, 0.25) is 0 Å². The molecule has 1 aromatic heterocycles. The summed E-state index contributed by atoms with van der Waals surface area (Å²) in [6.07, 6.45) is 3.09. The maximum Gasteiger partial charge on any atom is 0.152 e. The molecule has 0 amide bonds. The van der Waals surface area contributed by atoms with Gasteiger partial charge in [-0.05, 0) is 37.9 Å². The van der Waals surface area contributed by atoms with E-state index in [-0.39, 0.29) is 6.04 Å². The van der Waals surface area contributed by atoms with Crippen molar-refractivity contribution in [2.24, 2.45) is 0 Å². The van der Waals surface area contributed by atoms with E-state index in [9.17, 15) is 0 Å². The highest BCUT2D eigenvalue weighted by molar-refractivity contribution is 6.34. The summed E-state index contributed by atoms with van der Waals surface area (Å²) in [6.45, 7) is 3.91. The molecule has 110 valence electrons. The van der Waals surface area contributed by atoms with Crippen LogP contribution in [0, 0.1) is 0 Å². The number of halogens is 1. The first-order valence-electron chi connectivity index (χ1n) is 7.16. The molecule has 0 saturated heterocycles. The van der Waals surface area contributed by atoms with Crippen LogP contribution in [-0.4, -0.2) is 20.3 Å². The molecule has 0 aliphatic heterocycles. The van der Waals surface area contributed by atoms with Gasteiger partial charge in [0.15, 0.2) is 5.58 Å². The van der Waals surface area contributed by atoms with E-state index in [2.05, 4.69) is 18.3 Å². The van der Waals surface area contributed by atoms with Crippen LogP contribution in [0.1, 0.15) is 38.0 Å². The summed E-state index contributed by atoms with van der Waals surface area (Å²) in [7, 11) is 1.73. The Kier molecular flexibility index (Phi) is 5.89. The van der Waals surface area contributed by atoms with Crippen LogP contribution >= 0.6 is 11.6 Å². The van der Waals surface area contributed by atoms with E-state index in [1.165, 1.54) is 0 Å². The molecule has 2 rings (SSSR count). The normalized spacial score (nSPS) is 12.9. The quantitative estimate of drug-likeness (QED) is 0.725. The summed E-state index contributed by atoms with van der Waals surface area (Å²) in [5, 5.41) is 5.26. The smallest absolute Gasteiger partial charge is 0.152 e. The molecule has 0 saturated carbocycles. The molecule has 2 aromatic rings. The van der Waals surface area contributed by atoms with Crippen molar-refractivity contribution in [2.45, 2.75) is 32.2 Å². The van der Waals surface area contributed by atoms with Gasteiger partial charge in [-0.25, -0.2) is 0 Å². The number of methoxy groups -OCH3 is 1. The van der Waals surface area contributed by atoms with Crippen molar-refractivity contribution in [1.82, 2.24) is 5.32 Å². The standard InChI is InChI=1S/C16H22ClNO2/c1-3-9-18-14(8-5-10-19-2)15-11-12-6-4-7-13(17)16(12)20-15/h4,6-7,11,14,18H,3,5,8-10H2,1-2H3. The predicted molar refractivity (Wildman–Crippen MR) is 83.4 cm³/mol. The minimum Gasteiger partial charge on any atom is -0.458 e. The first-order valence-corrected chi connectivity index (χ1v) is 7.54. The Morgan fingerprint density at radius 3 is 2.95 bits per heavy atom. The summed E-state index contributed by atoms with van der Waals surface area (Å²) < 4.78 is 11.1. The van der Waals surface area contributed by atoms with Gasteiger partial charge in [-0.3, -0.25) is 0 Å². The Labute approximate surface area is 125 Å². The number of nitrogens with one attached hydrogen (secondary N) is 1. The van der Waals surface area contributed by atoms with Gasteiger partial charge in [0.25, 0.3) is 0 Å². The fourth-order valence-electron chi connectivity index (χ4n) is 2.31. The molecule has 1 heterocycles. The summed E-state index contributed by atoms with van der Waals surface area (Å²) in [5.41, 5.74) is 0.777. The second-order valence-electron chi connectivity index (χ2n) is 4.95. The van der Waals surface area contributed by atoms with Crippen LogP contribution in [0.25, 0.3) is 11.0 Å². The summed E-state index contributed by atoms with van der Waals surface area (Å²) in [4.78, 5) is 0. The van der Waals surface area contributed by atoms with Crippen molar-refractivity contribution in [1.29, 1.82) is 0 Å². The monoisotopic (exact) mass is 295 g/mol. The molecule has 0 bridgehead atoms. The number of furan rings is 1. The molecule has 0 radical (unpaired) electrons. The molecule has 1 unspecified atom stereocenters. The highest BCUT2D eigenvalue weighted by Crippen LogP contribution is 2.30. The van der Waals surface area contributed by atoms with Crippen molar-refractivity contribution in [3.05, 3.63) is 35.0 Å². The fourth-order valence-corrected chi connectivity index (χ4v) is 2.53. The SMILES string of the molecule is CCCNC(CCCOC)c1cc2cccc(Cl)c2o1. The maximum atomic E-state index is 6.17. The van der Waals surface area contributed by atoms with Crippen LogP contribution in [0.3, 0.4) is 0 Å². The highest BCUT2D eigenvalue weighted by atomic mass is 35.5. The Hall–Kier alpha value is -1.03. The van der Waals surface area contributed by atoms with Gasteiger partial charge in [-0.15, -0.1) is 0 Å². The topological polar surface area (TPSA) is 34.4 Å². The lowest BCUT2D eigenvalue weighted by atomic mass is 10.1. The second kappa shape index (κ2) is 7.67. The third-order valence-electron chi connectivity index (χ3n) is 3.34. The molecule has 0 fully saturated rings. The third-order valence-corrected chi connectivity index (χ3v) is 3.64. The molecule has 1 atom stereocenters. The van der Waals surface area contributed by atoms with Gasteiger partial charge in [0, 0.05) is 19.1 Å². The van der Waals surface area contributed by atoms with Crippen LogP contribution in [-0.2, 0) is 4.74 Å². The zero-order chi connectivity index (χ0) is 14.4. The lowest BCUT2D eigenvalue weighted by Crippen LogP contribution is -2.22. The first kappa shape index (κ1) is 15.4. The van der Waals surface area contributed by atoms with E-state index in [0.29, 0.717) is 5.02 Å². The van der Waals surface area contributed by atoms with Crippen molar-refractivity contribution in [3.8, 4) is 0 Å². The van der Waals surface area contributed by atoms with E-state index in [1.807, 2.05) is 18.2 Å². The maximum absolute atomic E-state index is 6.17. The highest BCUT2D eigenvalue weighted by Gasteiger charge is 2.16. The number of hydrogen-bond donors (Lipinski definition) is 1. The van der Waals surface area contributed by atoms with E-state index < -0.39 is 0 Å². The van der Waals surface area contributed by atoms with Gasteiger partial charge in [0.1, 0.15) is 5.76 Å². The molecule has 0 spiro atoms. The number of ether oxygens (including phenoxy) is 1. The van der Waals surface area contributed by atoms with Crippen molar-refractivity contribution >= 4 is 22.6 Å². The molecule has 3 nitrogen and oxygen atoms in total. The van der Waals surface area contributed by atoms with E-state index >= 15 is 0 Å². The van der Waals surface area contributed by atoms with Gasteiger partial charge in [0.05, 0.1) is 11.1 Å². The zero-order valence-corrected chi connectivity index (χ0v) is 12.9. The van der Waals surface area contributed by atoms with E-state index in [0.717, 1.165) is 49.1 Å². The number of rotatable bonds is 8. The van der Waals surface area contributed by atoms with Gasteiger partial charge < -0.3 is 14.5 Å². The third kappa shape index (κ3) is 3.75. The Bertz CT molecular complexity index is 538. The van der Waals surface area contributed by atoms with Crippen LogP contribution in [0.4, 0.5) is 0 Å². The molecule has 0 aliphatic rings. The molecule has 1 aromatic carbocycles. The molecular weight excluding hydrogens is 274 g/mol. The summed E-state index contributed by atoms with van der Waals surface area (Å²) >= 11 is 6.17. The fraction of sp³-hybridized carbons (Fsp3) is 0.500. The van der Waals surface area contributed by atoms with E-state index in [1.54, 1.807) is 7.11 Å². The van der Waals surface area contributed by atoms with Crippen molar-refractivity contribution in [3.63, 3.8) is 0 Å². The summed E-state index contributed by atoms with van der Waals surface area (Å²) in [6, 6.07) is 8.13. The lowest BCUT2D eigenvalue weighted by molar-refractivity contribution is 0.187.